The summed E-state index contributed by atoms with van der Waals surface area (Å²) < 4.78 is 2.82. The normalized spacial score (nSPS) is 28.6. The van der Waals surface area contributed by atoms with Crippen molar-refractivity contribution >= 4 is 40.8 Å². The Morgan fingerprint density at radius 2 is 1.86 bits per heavy atom. The van der Waals surface area contributed by atoms with Gasteiger partial charge in [-0.3, -0.25) is 0 Å². The van der Waals surface area contributed by atoms with Crippen molar-refractivity contribution in [2.75, 3.05) is 0 Å². The number of aliphatic hydroxyl groups excluding tert-OH is 1. The fourth-order valence-corrected chi connectivity index (χ4v) is 1.55. The molecule has 0 saturated heterocycles. The van der Waals surface area contributed by atoms with Gasteiger partial charge in [0.25, 0.3) is 3.79 Å². The second-order valence-corrected chi connectivity index (χ2v) is 5.57. The predicted octanol–water partition coefficient (Wildman–Crippen LogP) is 2.20. The summed E-state index contributed by atoms with van der Waals surface area (Å²) in [5.41, 5.74) is 0. The lowest BCUT2D eigenvalue weighted by Gasteiger charge is -2.28. The Labute approximate surface area is 97.3 Å². The van der Waals surface area contributed by atoms with Crippen LogP contribution in [0.1, 0.15) is 25.7 Å². The van der Waals surface area contributed by atoms with Gasteiger partial charge in [0.05, 0.1) is 6.10 Å². The van der Waals surface area contributed by atoms with Crippen LogP contribution in [0.4, 0.5) is 0 Å². The van der Waals surface area contributed by atoms with Crippen molar-refractivity contribution in [3.63, 3.8) is 0 Å². The molecule has 3 nitrogen and oxygen atoms in total. The molecule has 0 heterocycles. The number of esters is 1. The highest BCUT2D eigenvalue weighted by molar-refractivity contribution is 6.75. The molecule has 1 saturated carbocycles. The molecule has 0 aromatic rings. The number of aliphatic hydroxyl groups is 1. The van der Waals surface area contributed by atoms with Crippen molar-refractivity contribution in [1.29, 1.82) is 0 Å². The molecule has 1 fully saturated rings. The fraction of sp³-hybridized carbons (Fsp3) is 0.875. The number of carbonyl (C=O) groups excluding carboxylic acids is 1. The summed E-state index contributed by atoms with van der Waals surface area (Å²) in [6, 6.07) is 0. The number of alkyl halides is 3. The topological polar surface area (TPSA) is 46.5 Å². The number of ether oxygens (including phenoxy) is 1. The Hall–Kier alpha value is 0.300. The molecular weight excluding hydrogens is 250 g/mol. The van der Waals surface area contributed by atoms with Gasteiger partial charge in [-0.15, -0.1) is 0 Å². The highest BCUT2D eigenvalue weighted by Crippen LogP contribution is 2.30. The second kappa shape index (κ2) is 4.88. The van der Waals surface area contributed by atoms with Crippen LogP contribution in [0.2, 0.25) is 0 Å². The lowest BCUT2D eigenvalue weighted by molar-refractivity contribution is -0.156. The number of rotatable bonds is 1. The van der Waals surface area contributed by atoms with Crippen molar-refractivity contribution in [2.45, 2.75) is 41.7 Å². The Morgan fingerprint density at radius 3 is 2.36 bits per heavy atom. The lowest BCUT2D eigenvalue weighted by Crippen LogP contribution is -2.37. The van der Waals surface area contributed by atoms with Gasteiger partial charge >= 0.3 is 5.97 Å². The van der Waals surface area contributed by atoms with E-state index in [4.69, 9.17) is 39.5 Å². The van der Waals surface area contributed by atoms with E-state index in [1.807, 2.05) is 0 Å². The SMILES string of the molecule is O=C(O[C@@H]1CCCC[C@@H]1O)C(Cl)(Cl)Cl. The molecule has 6 heteroatoms. The molecule has 1 aliphatic rings. The largest absolute Gasteiger partial charge is 0.456 e. The predicted molar refractivity (Wildman–Crippen MR) is 54.6 cm³/mol. The maximum absolute atomic E-state index is 11.1. The molecule has 1 aliphatic carbocycles. The third-order valence-corrected chi connectivity index (χ3v) is 2.62. The van der Waals surface area contributed by atoms with Crippen LogP contribution in [0.5, 0.6) is 0 Å². The van der Waals surface area contributed by atoms with E-state index < -0.39 is 22.0 Å². The van der Waals surface area contributed by atoms with Crippen molar-refractivity contribution in [3.8, 4) is 0 Å². The molecule has 2 atom stereocenters. The maximum atomic E-state index is 11.1. The molecule has 0 spiro atoms. The first-order chi connectivity index (χ1) is 6.41. The molecule has 0 aliphatic heterocycles. The summed E-state index contributed by atoms with van der Waals surface area (Å²) in [5, 5.41) is 9.48. The van der Waals surface area contributed by atoms with E-state index in [1.165, 1.54) is 0 Å². The standard InChI is InChI=1S/C8H11Cl3O3/c9-8(10,11)7(13)14-6-4-2-1-3-5(6)12/h5-6,12H,1-4H2/t5-,6+/m0/s1. The summed E-state index contributed by atoms with van der Waals surface area (Å²) in [6.07, 6.45) is 1.91. The van der Waals surface area contributed by atoms with Crippen molar-refractivity contribution in [3.05, 3.63) is 0 Å². The van der Waals surface area contributed by atoms with Gasteiger partial charge in [-0.05, 0) is 19.3 Å². The molecule has 0 aromatic carbocycles. The van der Waals surface area contributed by atoms with E-state index in [0.717, 1.165) is 12.8 Å². The van der Waals surface area contributed by atoms with Crippen LogP contribution in [-0.4, -0.2) is 27.1 Å². The first-order valence-corrected chi connectivity index (χ1v) is 5.50. The summed E-state index contributed by atoms with van der Waals surface area (Å²) in [5.74, 6) is -0.923. The number of hydrogen-bond donors (Lipinski definition) is 1. The van der Waals surface area contributed by atoms with Crippen LogP contribution in [0.25, 0.3) is 0 Å². The summed E-state index contributed by atoms with van der Waals surface area (Å²) >= 11 is 16.0. The van der Waals surface area contributed by atoms with Gasteiger partial charge in [-0.2, -0.15) is 0 Å². The van der Waals surface area contributed by atoms with E-state index in [9.17, 15) is 9.90 Å². The van der Waals surface area contributed by atoms with Gasteiger partial charge in [0, 0.05) is 0 Å². The first-order valence-electron chi connectivity index (χ1n) is 4.37. The number of carbonyl (C=O) groups is 1. The molecule has 0 radical (unpaired) electrons. The minimum atomic E-state index is -2.06. The van der Waals surface area contributed by atoms with Crippen molar-refractivity contribution < 1.29 is 14.6 Å². The lowest BCUT2D eigenvalue weighted by atomic mass is 9.95. The summed E-state index contributed by atoms with van der Waals surface area (Å²) in [6.45, 7) is 0. The Balaban J connectivity index is 2.46. The van der Waals surface area contributed by atoms with Crippen molar-refractivity contribution in [1.82, 2.24) is 0 Å². The number of hydrogen-bond acceptors (Lipinski definition) is 3. The van der Waals surface area contributed by atoms with E-state index in [-0.39, 0.29) is 0 Å². The van der Waals surface area contributed by atoms with Gasteiger partial charge in [0.1, 0.15) is 6.10 Å². The van der Waals surface area contributed by atoms with E-state index in [1.54, 1.807) is 0 Å². The molecule has 82 valence electrons. The minimum absolute atomic E-state index is 0.535. The van der Waals surface area contributed by atoms with E-state index in [0.29, 0.717) is 12.8 Å². The third-order valence-electron chi connectivity index (χ3n) is 2.16. The van der Waals surface area contributed by atoms with Gasteiger partial charge < -0.3 is 9.84 Å². The zero-order valence-electron chi connectivity index (χ0n) is 7.38. The quantitative estimate of drug-likeness (QED) is 0.581. The Bertz CT molecular complexity index is 214. The van der Waals surface area contributed by atoms with Crippen LogP contribution >= 0.6 is 34.8 Å². The molecule has 0 unspecified atom stereocenters. The minimum Gasteiger partial charge on any atom is -0.456 e. The molecule has 0 amide bonds. The molecule has 1 rings (SSSR count). The smallest absolute Gasteiger partial charge is 0.358 e. The number of halogens is 3. The maximum Gasteiger partial charge on any atom is 0.358 e. The fourth-order valence-electron chi connectivity index (χ4n) is 1.42. The average Bonchev–Trinajstić information content (AvgIpc) is 2.07. The van der Waals surface area contributed by atoms with E-state index in [2.05, 4.69) is 0 Å². The van der Waals surface area contributed by atoms with Crippen LogP contribution in [0.3, 0.4) is 0 Å². The van der Waals surface area contributed by atoms with Crippen LogP contribution in [-0.2, 0) is 9.53 Å². The van der Waals surface area contributed by atoms with Gasteiger partial charge in [0.2, 0.25) is 0 Å². The van der Waals surface area contributed by atoms with Crippen LogP contribution < -0.4 is 0 Å². The monoisotopic (exact) mass is 260 g/mol. The van der Waals surface area contributed by atoms with Crippen LogP contribution in [0, 0.1) is 0 Å². The van der Waals surface area contributed by atoms with Crippen molar-refractivity contribution in [2.24, 2.45) is 0 Å². The molecule has 1 N–H and O–H groups in total. The first kappa shape index (κ1) is 12.4. The summed E-state index contributed by atoms with van der Waals surface area (Å²) in [7, 11) is 0. The van der Waals surface area contributed by atoms with Gasteiger partial charge in [0.15, 0.2) is 0 Å². The van der Waals surface area contributed by atoms with Gasteiger partial charge in [-0.25, -0.2) is 4.79 Å². The zero-order valence-corrected chi connectivity index (χ0v) is 9.65. The molecule has 0 bridgehead atoms. The molecular formula is C8H11Cl3O3. The van der Waals surface area contributed by atoms with E-state index >= 15 is 0 Å². The Kier molecular flexibility index (Phi) is 4.31. The third kappa shape index (κ3) is 3.46. The Morgan fingerprint density at radius 1 is 1.29 bits per heavy atom. The molecule has 0 aromatic heterocycles. The highest BCUT2D eigenvalue weighted by Gasteiger charge is 2.36. The zero-order chi connectivity index (χ0) is 10.8. The summed E-state index contributed by atoms with van der Waals surface area (Å²) in [4.78, 5) is 11.1. The second-order valence-electron chi connectivity index (χ2n) is 3.29. The average molecular weight is 262 g/mol. The van der Waals surface area contributed by atoms with Gasteiger partial charge in [-0.1, -0.05) is 41.2 Å². The highest BCUT2D eigenvalue weighted by atomic mass is 35.6. The van der Waals surface area contributed by atoms with Crippen LogP contribution in [0.15, 0.2) is 0 Å². The molecule has 14 heavy (non-hydrogen) atoms.